The molecule has 2 saturated heterocycles. The van der Waals surface area contributed by atoms with Crippen LogP contribution in [0.5, 0.6) is 11.5 Å². The number of ketones is 1. The van der Waals surface area contributed by atoms with E-state index >= 15 is 0 Å². The molecule has 0 radical (unpaired) electrons. The third-order valence-corrected chi connectivity index (χ3v) is 5.80. The Morgan fingerprint density at radius 2 is 1.82 bits per heavy atom. The van der Waals surface area contributed by atoms with Crippen molar-refractivity contribution in [2.24, 2.45) is 5.73 Å². The summed E-state index contributed by atoms with van der Waals surface area (Å²) in [5.41, 5.74) is 7.10. The SMILES string of the molecule is CC(=O)c1ccc(C(N)=O)cc1Oc1ccc(N2CC(OCCOC3CCCCO3)C2)cc1. The predicted octanol–water partition coefficient (Wildman–Crippen LogP) is 3.53. The first-order chi connectivity index (χ1) is 16.0. The fourth-order valence-corrected chi connectivity index (χ4v) is 3.89. The standard InChI is InChI=1S/C25H30N2O6/c1-17(28)22-10-5-18(25(26)29)14-23(22)33-20-8-6-19(7-9-20)27-15-21(16-27)30-12-13-32-24-4-2-3-11-31-24/h5-10,14,21,24H,2-4,11-13,15-16H2,1H3,(H2,26,29). The molecule has 2 aromatic rings. The topological polar surface area (TPSA) is 100 Å². The number of primary amides is 1. The molecular weight excluding hydrogens is 424 g/mol. The van der Waals surface area contributed by atoms with Crippen LogP contribution in [0.4, 0.5) is 5.69 Å². The van der Waals surface area contributed by atoms with Crippen molar-refractivity contribution in [3.8, 4) is 11.5 Å². The maximum atomic E-state index is 11.9. The molecule has 0 aliphatic carbocycles. The van der Waals surface area contributed by atoms with E-state index in [9.17, 15) is 9.59 Å². The van der Waals surface area contributed by atoms with E-state index in [4.69, 9.17) is 24.7 Å². The van der Waals surface area contributed by atoms with E-state index in [1.165, 1.54) is 19.1 Å². The van der Waals surface area contributed by atoms with Crippen LogP contribution in [0, 0.1) is 0 Å². The zero-order valence-corrected chi connectivity index (χ0v) is 18.8. The number of nitrogens with two attached hydrogens (primary N) is 1. The van der Waals surface area contributed by atoms with E-state index < -0.39 is 5.91 Å². The Morgan fingerprint density at radius 1 is 1.06 bits per heavy atom. The first-order valence-electron chi connectivity index (χ1n) is 11.3. The average Bonchev–Trinajstić information content (AvgIpc) is 2.79. The smallest absolute Gasteiger partial charge is 0.248 e. The fraction of sp³-hybridized carbons (Fsp3) is 0.440. The molecule has 1 amide bonds. The van der Waals surface area contributed by atoms with Crippen LogP contribution in [0.3, 0.4) is 0 Å². The zero-order chi connectivity index (χ0) is 23.2. The Bertz CT molecular complexity index is 965. The molecule has 176 valence electrons. The lowest BCUT2D eigenvalue weighted by Gasteiger charge is -2.40. The highest BCUT2D eigenvalue weighted by atomic mass is 16.7. The van der Waals surface area contributed by atoms with E-state index in [2.05, 4.69) is 4.90 Å². The molecule has 2 heterocycles. The monoisotopic (exact) mass is 454 g/mol. The third kappa shape index (κ3) is 6.10. The molecule has 2 N–H and O–H groups in total. The van der Waals surface area contributed by atoms with Gasteiger partial charge in [0.15, 0.2) is 12.1 Å². The highest BCUT2D eigenvalue weighted by molar-refractivity contribution is 5.99. The second-order valence-corrected chi connectivity index (χ2v) is 8.29. The molecule has 33 heavy (non-hydrogen) atoms. The molecule has 1 atom stereocenters. The van der Waals surface area contributed by atoms with Gasteiger partial charge in [0, 0.05) is 30.9 Å². The van der Waals surface area contributed by atoms with Crippen molar-refractivity contribution in [3.05, 3.63) is 53.6 Å². The number of carbonyl (C=O) groups excluding carboxylic acids is 2. The minimum Gasteiger partial charge on any atom is -0.457 e. The number of benzene rings is 2. The van der Waals surface area contributed by atoms with Gasteiger partial charge in [-0.2, -0.15) is 0 Å². The van der Waals surface area contributed by atoms with Crippen molar-refractivity contribution in [1.29, 1.82) is 0 Å². The molecule has 4 rings (SSSR count). The van der Waals surface area contributed by atoms with Crippen LogP contribution < -0.4 is 15.4 Å². The minimum absolute atomic E-state index is 0.0780. The number of hydrogen-bond donors (Lipinski definition) is 1. The maximum absolute atomic E-state index is 11.9. The first kappa shape index (κ1) is 23.2. The molecule has 8 nitrogen and oxygen atoms in total. The summed E-state index contributed by atoms with van der Waals surface area (Å²) in [5.74, 6) is 0.151. The number of anilines is 1. The number of amides is 1. The summed E-state index contributed by atoms with van der Waals surface area (Å²) < 4.78 is 23.0. The number of nitrogens with zero attached hydrogens (tertiary/aromatic N) is 1. The van der Waals surface area contributed by atoms with Crippen LogP contribution in [0.1, 0.15) is 46.9 Å². The Labute approximate surface area is 193 Å². The lowest BCUT2D eigenvalue weighted by molar-refractivity contribution is -0.171. The van der Waals surface area contributed by atoms with Crippen molar-refractivity contribution in [1.82, 2.24) is 0 Å². The maximum Gasteiger partial charge on any atom is 0.248 e. The van der Waals surface area contributed by atoms with E-state index in [0.717, 1.165) is 44.6 Å². The molecule has 0 bridgehead atoms. The summed E-state index contributed by atoms with van der Waals surface area (Å²) in [4.78, 5) is 25.6. The van der Waals surface area contributed by atoms with Gasteiger partial charge in [-0.1, -0.05) is 0 Å². The Hall–Kier alpha value is -2.94. The van der Waals surface area contributed by atoms with Crippen LogP contribution in [0.2, 0.25) is 0 Å². The predicted molar refractivity (Wildman–Crippen MR) is 123 cm³/mol. The van der Waals surface area contributed by atoms with Crippen molar-refractivity contribution < 1.29 is 28.5 Å². The molecule has 8 heteroatoms. The van der Waals surface area contributed by atoms with Crippen LogP contribution in [-0.2, 0) is 14.2 Å². The van der Waals surface area contributed by atoms with Gasteiger partial charge in [0.1, 0.15) is 11.5 Å². The molecule has 2 fully saturated rings. The quantitative estimate of drug-likeness (QED) is 0.433. The van der Waals surface area contributed by atoms with E-state index in [0.29, 0.717) is 30.3 Å². The Balaban J connectivity index is 1.24. The fourth-order valence-electron chi connectivity index (χ4n) is 3.89. The third-order valence-electron chi connectivity index (χ3n) is 5.80. The largest absolute Gasteiger partial charge is 0.457 e. The lowest BCUT2D eigenvalue weighted by atomic mass is 10.1. The van der Waals surface area contributed by atoms with Gasteiger partial charge < -0.3 is 29.6 Å². The summed E-state index contributed by atoms with van der Waals surface area (Å²) in [6.45, 7) is 4.98. The number of rotatable bonds is 10. The van der Waals surface area contributed by atoms with Gasteiger partial charge in [0.05, 0.1) is 24.9 Å². The highest BCUT2D eigenvalue weighted by Gasteiger charge is 2.27. The van der Waals surface area contributed by atoms with Gasteiger partial charge in [-0.3, -0.25) is 9.59 Å². The van der Waals surface area contributed by atoms with Crippen LogP contribution >= 0.6 is 0 Å². The van der Waals surface area contributed by atoms with E-state index in [-0.39, 0.29) is 23.7 Å². The van der Waals surface area contributed by atoms with Gasteiger partial charge in [-0.15, -0.1) is 0 Å². The normalized spacial score (nSPS) is 18.6. The Morgan fingerprint density at radius 3 is 2.48 bits per heavy atom. The van der Waals surface area contributed by atoms with Crippen LogP contribution in [0.25, 0.3) is 0 Å². The second kappa shape index (κ2) is 10.8. The zero-order valence-electron chi connectivity index (χ0n) is 18.8. The first-order valence-corrected chi connectivity index (χ1v) is 11.3. The summed E-state index contributed by atoms with van der Waals surface area (Å²) in [6.07, 6.45) is 3.34. The molecule has 1 unspecified atom stereocenters. The molecule has 0 aromatic heterocycles. The number of hydrogen-bond acceptors (Lipinski definition) is 7. The highest BCUT2D eigenvalue weighted by Crippen LogP contribution is 2.30. The van der Waals surface area contributed by atoms with Crippen molar-refractivity contribution in [3.63, 3.8) is 0 Å². The van der Waals surface area contributed by atoms with Crippen molar-refractivity contribution >= 4 is 17.4 Å². The summed E-state index contributed by atoms with van der Waals surface area (Å²) in [7, 11) is 0. The molecule has 0 spiro atoms. The Kier molecular flexibility index (Phi) is 7.59. The van der Waals surface area contributed by atoms with Crippen LogP contribution in [0.15, 0.2) is 42.5 Å². The number of Topliss-reactive ketones (excluding diaryl/α,β-unsaturated/α-hetero) is 1. The summed E-state index contributed by atoms with van der Waals surface area (Å²) >= 11 is 0. The molecule has 2 aliphatic heterocycles. The molecule has 0 saturated carbocycles. The second-order valence-electron chi connectivity index (χ2n) is 8.29. The van der Waals surface area contributed by atoms with Gasteiger partial charge in [0.2, 0.25) is 5.91 Å². The number of ether oxygens (including phenoxy) is 4. The van der Waals surface area contributed by atoms with Gasteiger partial charge in [-0.05, 0) is 68.7 Å². The average molecular weight is 455 g/mol. The lowest BCUT2D eigenvalue weighted by Crippen LogP contribution is -2.52. The molecular formula is C25H30N2O6. The van der Waals surface area contributed by atoms with Crippen molar-refractivity contribution in [2.45, 2.75) is 38.6 Å². The summed E-state index contributed by atoms with van der Waals surface area (Å²) in [6, 6.07) is 12.2. The summed E-state index contributed by atoms with van der Waals surface area (Å²) in [5, 5.41) is 0. The van der Waals surface area contributed by atoms with Crippen LogP contribution in [-0.4, -0.2) is 57.0 Å². The molecule has 2 aromatic carbocycles. The number of carbonyl (C=O) groups is 2. The molecule has 2 aliphatic rings. The van der Waals surface area contributed by atoms with Gasteiger partial charge >= 0.3 is 0 Å². The minimum atomic E-state index is -0.575. The van der Waals surface area contributed by atoms with Crippen molar-refractivity contribution in [2.75, 3.05) is 37.8 Å². The van der Waals surface area contributed by atoms with E-state index in [1.807, 2.05) is 24.3 Å². The van der Waals surface area contributed by atoms with Gasteiger partial charge in [0.25, 0.3) is 0 Å². The van der Waals surface area contributed by atoms with Gasteiger partial charge in [-0.25, -0.2) is 0 Å². The van der Waals surface area contributed by atoms with E-state index in [1.54, 1.807) is 6.07 Å².